The molecule has 0 aliphatic rings. The van der Waals surface area contributed by atoms with Gasteiger partial charge in [0.15, 0.2) is 0 Å². The second-order valence-electron chi connectivity index (χ2n) is 2.61. The van der Waals surface area contributed by atoms with E-state index in [9.17, 15) is 18.5 Å². The summed E-state index contributed by atoms with van der Waals surface area (Å²) in [6, 6.07) is 2.95. The van der Waals surface area contributed by atoms with Crippen LogP contribution >= 0.6 is 0 Å². The molecule has 0 aromatic heterocycles. The lowest BCUT2D eigenvalue weighted by Crippen LogP contribution is -2.22. The molecule has 0 spiro atoms. The van der Waals surface area contributed by atoms with Gasteiger partial charge in [-0.25, -0.2) is 5.14 Å². The van der Waals surface area contributed by atoms with Gasteiger partial charge < -0.3 is 5.11 Å². The van der Waals surface area contributed by atoms with E-state index >= 15 is 0 Å². The summed E-state index contributed by atoms with van der Waals surface area (Å²) in [5.74, 6) is -0.346. The third-order valence-electron chi connectivity index (χ3n) is 1.43. The summed E-state index contributed by atoms with van der Waals surface area (Å²) in [6.45, 7) is 0. The monoisotopic (exact) mass is 233 g/mol. The third-order valence-corrected chi connectivity index (χ3v) is 1.93. The smallest absolute Gasteiger partial charge is 0.297 e. The number of nitro groups is 1. The Morgan fingerprint density at radius 2 is 2.07 bits per heavy atom. The van der Waals surface area contributed by atoms with Gasteiger partial charge in [-0.15, -0.1) is 0 Å². The molecule has 1 aromatic rings. The van der Waals surface area contributed by atoms with Crippen LogP contribution in [-0.4, -0.2) is 18.4 Å². The van der Waals surface area contributed by atoms with E-state index in [0.717, 1.165) is 18.2 Å². The molecule has 82 valence electrons. The number of nitrogens with two attached hydrogens (primary N) is 1. The first kappa shape index (κ1) is 11.2. The lowest BCUT2D eigenvalue weighted by molar-refractivity contribution is -0.384. The van der Waals surface area contributed by atoms with E-state index < -0.39 is 20.8 Å². The van der Waals surface area contributed by atoms with Crippen LogP contribution in [0.3, 0.4) is 0 Å². The molecule has 9 heteroatoms. The average Bonchev–Trinajstić information content (AvgIpc) is 2.05. The fraction of sp³-hybridized carbons (Fsp3) is 0. The van der Waals surface area contributed by atoms with E-state index in [1.165, 1.54) is 0 Å². The molecule has 1 rings (SSSR count). The van der Waals surface area contributed by atoms with E-state index in [4.69, 9.17) is 5.11 Å². The molecule has 0 unspecified atom stereocenters. The Bertz CT molecular complexity index is 497. The van der Waals surface area contributed by atoms with Crippen LogP contribution in [0.15, 0.2) is 18.2 Å². The van der Waals surface area contributed by atoms with Crippen molar-refractivity contribution in [2.75, 3.05) is 4.72 Å². The van der Waals surface area contributed by atoms with Gasteiger partial charge in [-0.3, -0.25) is 14.8 Å². The maximum absolute atomic E-state index is 10.6. The summed E-state index contributed by atoms with van der Waals surface area (Å²) >= 11 is 0. The zero-order chi connectivity index (χ0) is 11.6. The maximum atomic E-state index is 10.6. The lowest BCUT2D eigenvalue weighted by atomic mass is 10.2. The zero-order valence-corrected chi connectivity index (χ0v) is 8.06. The van der Waals surface area contributed by atoms with Gasteiger partial charge in [-0.2, -0.15) is 8.42 Å². The molecule has 0 aliphatic heterocycles. The van der Waals surface area contributed by atoms with E-state index in [0.29, 0.717) is 0 Å². The van der Waals surface area contributed by atoms with Gasteiger partial charge in [0, 0.05) is 0 Å². The first-order chi connectivity index (χ1) is 6.79. The number of anilines is 1. The zero-order valence-electron chi connectivity index (χ0n) is 7.25. The van der Waals surface area contributed by atoms with E-state index in [1.54, 1.807) is 4.72 Å². The quantitative estimate of drug-likeness (QED) is 0.381. The van der Waals surface area contributed by atoms with Crippen LogP contribution in [0, 0.1) is 10.1 Å². The van der Waals surface area contributed by atoms with Crippen molar-refractivity contribution in [1.29, 1.82) is 0 Å². The number of nitrogens with one attached hydrogen (secondary N) is 1. The van der Waals surface area contributed by atoms with Crippen LogP contribution in [0.5, 0.6) is 5.75 Å². The van der Waals surface area contributed by atoms with Crippen molar-refractivity contribution in [3.63, 3.8) is 0 Å². The summed E-state index contributed by atoms with van der Waals surface area (Å²) in [4.78, 5) is 9.64. The first-order valence-corrected chi connectivity index (χ1v) is 5.12. The Morgan fingerprint density at radius 1 is 1.47 bits per heavy atom. The maximum Gasteiger partial charge on any atom is 0.297 e. The largest absolute Gasteiger partial charge is 0.508 e. The van der Waals surface area contributed by atoms with Crippen molar-refractivity contribution in [3.05, 3.63) is 28.3 Å². The van der Waals surface area contributed by atoms with E-state index in [1.807, 2.05) is 0 Å². The standard InChI is InChI=1S/C6H7N3O5S/c7-15(13,14)8-5-2-1-4(10)3-6(5)9(11)12/h1-3,8,10H,(H2,7,13,14). The summed E-state index contributed by atoms with van der Waals surface area (Å²) < 4.78 is 23.0. The summed E-state index contributed by atoms with van der Waals surface area (Å²) in [6.07, 6.45) is 0. The molecule has 15 heavy (non-hydrogen) atoms. The van der Waals surface area contributed by atoms with Gasteiger partial charge in [0.25, 0.3) is 15.9 Å². The number of phenols is 1. The molecule has 4 N–H and O–H groups in total. The fourth-order valence-corrected chi connectivity index (χ4v) is 1.39. The Balaban J connectivity index is 3.24. The Labute approximate surface area is 84.7 Å². The second-order valence-corrected chi connectivity index (χ2v) is 3.90. The molecule has 0 atom stereocenters. The van der Waals surface area contributed by atoms with Crippen LogP contribution in [-0.2, 0) is 10.2 Å². The number of phenolic OH excluding ortho intramolecular Hbond substituents is 1. The van der Waals surface area contributed by atoms with Crippen LogP contribution in [0.4, 0.5) is 11.4 Å². The van der Waals surface area contributed by atoms with Gasteiger partial charge in [-0.05, 0) is 12.1 Å². The third kappa shape index (κ3) is 3.07. The molecule has 0 saturated carbocycles. The predicted molar refractivity (Wildman–Crippen MR) is 51.5 cm³/mol. The van der Waals surface area contributed by atoms with Gasteiger partial charge >= 0.3 is 0 Å². The SMILES string of the molecule is NS(=O)(=O)Nc1ccc(O)cc1[N+](=O)[O-]. The van der Waals surface area contributed by atoms with Crippen molar-refractivity contribution >= 4 is 21.6 Å². The minimum atomic E-state index is -4.08. The number of aromatic hydroxyl groups is 1. The minimum absolute atomic E-state index is 0.305. The summed E-state index contributed by atoms with van der Waals surface area (Å²) in [5.41, 5.74) is -0.885. The molecule has 0 saturated heterocycles. The predicted octanol–water partition coefficient (Wildman–Crippen LogP) is -0.0842. The second kappa shape index (κ2) is 3.71. The van der Waals surface area contributed by atoms with E-state index in [-0.39, 0.29) is 11.4 Å². The van der Waals surface area contributed by atoms with Crippen LogP contribution in [0.2, 0.25) is 0 Å². The molecule has 0 radical (unpaired) electrons. The topological polar surface area (TPSA) is 136 Å². The first-order valence-electron chi connectivity index (χ1n) is 3.57. The average molecular weight is 233 g/mol. The highest BCUT2D eigenvalue weighted by molar-refractivity contribution is 7.90. The normalized spacial score (nSPS) is 11.0. The number of benzene rings is 1. The Hall–Kier alpha value is -1.87. The molecule has 0 aliphatic carbocycles. The van der Waals surface area contributed by atoms with Crippen LogP contribution in [0.25, 0.3) is 0 Å². The van der Waals surface area contributed by atoms with Crippen LogP contribution in [0.1, 0.15) is 0 Å². The van der Waals surface area contributed by atoms with Crippen molar-refractivity contribution < 1.29 is 18.4 Å². The molecule has 0 bridgehead atoms. The highest BCUT2D eigenvalue weighted by Crippen LogP contribution is 2.28. The Morgan fingerprint density at radius 3 is 2.53 bits per heavy atom. The highest BCUT2D eigenvalue weighted by atomic mass is 32.2. The molecule has 1 aromatic carbocycles. The number of rotatable bonds is 3. The molecule has 0 fully saturated rings. The molecule has 8 nitrogen and oxygen atoms in total. The highest BCUT2D eigenvalue weighted by Gasteiger charge is 2.17. The minimum Gasteiger partial charge on any atom is -0.508 e. The van der Waals surface area contributed by atoms with Crippen molar-refractivity contribution in [2.24, 2.45) is 5.14 Å². The molecular weight excluding hydrogens is 226 g/mol. The van der Waals surface area contributed by atoms with Crippen LogP contribution < -0.4 is 9.86 Å². The van der Waals surface area contributed by atoms with Gasteiger partial charge in [0.1, 0.15) is 11.4 Å². The molecule has 0 heterocycles. The lowest BCUT2D eigenvalue weighted by Gasteiger charge is -2.04. The number of hydrogen-bond acceptors (Lipinski definition) is 5. The number of hydrogen-bond donors (Lipinski definition) is 3. The fourth-order valence-electron chi connectivity index (χ4n) is 0.911. The number of nitrogens with zero attached hydrogens (tertiary/aromatic N) is 1. The van der Waals surface area contributed by atoms with Crippen molar-refractivity contribution in [1.82, 2.24) is 0 Å². The molecule has 0 amide bonds. The summed E-state index contributed by atoms with van der Waals surface area (Å²) in [7, 11) is -4.08. The van der Waals surface area contributed by atoms with Gasteiger partial charge in [0.2, 0.25) is 0 Å². The summed E-state index contributed by atoms with van der Waals surface area (Å²) in [5, 5.41) is 24.1. The number of nitro benzene ring substituents is 1. The van der Waals surface area contributed by atoms with Gasteiger partial charge in [0.05, 0.1) is 11.0 Å². The van der Waals surface area contributed by atoms with Gasteiger partial charge in [-0.1, -0.05) is 0 Å². The van der Waals surface area contributed by atoms with E-state index in [2.05, 4.69) is 5.14 Å². The molecular formula is C6H7N3O5S. The van der Waals surface area contributed by atoms with Crippen molar-refractivity contribution in [3.8, 4) is 5.75 Å². The van der Waals surface area contributed by atoms with Crippen molar-refractivity contribution in [2.45, 2.75) is 0 Å². The Kier molecular flexibility index (Phi) is 2.77.